The van der Waals surface area contributed by atoms with Gasteiger partial charge in [-0.25, -0.2) is 15.0 Å². The molecule has 0 saturated heterocycles. The van der Waals surface area contributed by atoms with Crippen LogP contribution in [-0.4, -0.2) is 26.1 Å². The molecule has 0 amide bonds. The second-order valence-corrected chi connectivity index (χ2v) is 4.70. The van der Waals surface area contributed by atoms with E-state index < -0.39 is 0 Å². The van der Waals surface area contributed by atoms with Crippen LogP contribution in [0, 0.1) is 0 Å². The highest BCUT2D eigenvalue weighted by molar-refractivity contribution is 6.29. The zero-order valence-corrected chi connectivity index (χ0v) is 11.2. The maximum Gasteiger partial charge on any atom is 0.135 e. The van der Waals surface area contributed by atoms with Crippen LogP contribution in [0.3, 0.4) is 0 Å². The molecule has 0 aliphatic rings. The number of imidazole rings is 1. The molecule has 2 heterocycles. The van der Waals surface area contributed by atoms with Crippen LogP contribution in [-0.2, 0) is 6.54 Å². The summed E-state index contributed by atoms with van der Waals surface area (Å²) in [5.74, 6) is 1.78. The van der Waals surface area contributed by atoms with Crippen molar-refractivity contribution >= 4 is 17.4 Å². The molecule has 0 aliphatic heterocycles. The van der Waals surface area contributed by atoms with Crippen molar-refractivity contribution in [1.29, 1.82) is 0 Å². The summed E-state index contributed by atoms with van der Waals surface area (Å²) in [5, 5.41) is 3.71. The van der Waals surface area contributed by atoms with Crippen molar-refractivity contribution in [2.45, 2.75) is 26.3 Å². The van der Waals surface area contributed by atoms with Gasteiger partial charge >= 0.3 is 0 Å². The first-order chi connectivity index (χ1) is 8.65. The Morgan fingerprint density at radius 1 is 1.39 bits per heavy atom. The molecule has 0 atom stereocenters. The summed E-state index contributed by atoms with van der Waals surface area (Å²) in [5.41, 5.74) is 0. The topological polar surface area (TPSA) is 55.6 Å². The van der Waals surface area contributed by atoms with Crippen molar-refractivity contribution < 1.29 is 0 Å². The number of nitrogens with zero attached hydrogens (tertiary/aromatic N) is 4. The van der Waals surface area contributed by atoms with Crippen molar-refractivity contribution in [3.63, 3.8) is 0 Å². The second-order valence-electron chi connectivity index (χ2n) is 4.32. The van der Waals surface area contributed by atoms with Crippen LogP contribution in [0.25, 0.3) is 0 Å². The molecule has 0 saturated carbocycles. The zero-order valence-electron chi connectivity index (χ0n) is 10.5. The van der Waals surface area contributed by atoms with E-state index in [1.54, 1.807) is 18.6 Å². The molecule has 1 N–H and O–H groups in total. The number of halogens is 1. The fourth-order valence-electron chi connectivity index (χ4n) is 1.52. The van der Waals surface area contributed by atoms with Gasteiger partial charge in [-0.3, -0.25) is 0 Å². The highest BCUT2D eigenvalue weighted by Crippen LogP contribution is 2.16. The van der Waals surface area contributed by atoms with Crippen molar-refractivity contribution in [1.82, 2.24) is 19.5 Å². The first kappa shape index (κ1) is 12.8. The van der Waals surface area contributed by atoms with Gasteiger partial charge in [0.2, 0.25) is 0 Å². The minimum Gasteiger partial charge on any atom is -0.368 e. The van der Waals surface area contributed by atoms with Crippen molar-refractivity contribution in [2.24, 2.45) is 0 Å². The zero-order chi connectivity index (χ0) is 13.0. The maximum atomic E-state index is 5.97. The fraction of sp³-hybridized carbons (Fsp3) is 0.417. The predicted octanol–water partition coefficient (Wildman–Crippen LogP) is 2.56. The fourth-order valence-corrected chi connectivity index (χ4v) is 1.71. The standard InChI is InChI=1S/C12H16ClN5/c1-9(2)12-16-10(13)7-11(17-12)15-4-6-18-5-3-14-8-18/h3,5,7-9H,4,6H2,1-2H3,(H,15,16,17). The van der Waals surface area contributed by atoms with E-state index in [4.69, 9.17) is 11.6 Å². The Morgan fingerprint density at radius 2 is 2.22 bits per heavy atom. The van der Waals surface area contributed by atoms with Crippen LogP contribution in [0.1, 0.15) is 25.6 Å². The van der Waals surface area contributed by atoms with Gasteiger partial charge in [-0.2, -0.15) is 0 Å². The average molecular weight is 266 g/mol. The highest BCUT2D eigenvalue weighted by atomic mass is 35.5. The molecule has 0 aliphatic carbocycles. The van der Waals surface area contributed by atoms with Crippen LogP contribution in [0.4, 0.5) is 5.82 Å². The summed E-state index contributed by atoms with van der Waals surface area (Å²) < 4.78 is 2.00. The minimum absolute atomic E-state index is 0.262. The second kappa shape index (κ2) is 5.82. The van der Waals surface area contributed by atoms with Gasteiger partial charge in [-0.05, 0) is 0 Å². The Balaban J connectivity index is 1.96. The minimum atomic E-state index is 0.262. The molecule has 2 aromatic heterocycles. The van der Waals surface area contributed by atoms with Crippen molar-refractivity contribution in [2.75, 3.05) is 11.9 Å². The average Bonchev–Trinajstić information content (AvgIpc) is 2.81. The van der Waals surface area contributed by atoms with E-state index in [0.717, 1.165) is 24.7 Å². The number of hydrogen-bond acceptors (Lipinski definition) is 4. The molecule has 0 unspecified atom stereocenters. The summed E-state index contributed by atoms with van der Waals surface area (Å²) in [6.45, 7) is 5.68. The maximum absolute atomic E-state index is 5.97. The third-order valence-electron chi connectivity index (χ3n) is 2.46. The number of hydrogen-bond donors (Lipinski definition) is 1. The third kappa shape index (κ3) is 3.43. The number of aromatic nitrogens is 4. The lowest BCUT2D eigenvalue weighted by molar-refractivity contribution is 0.721. The number of anilines is 1. The largest absolute Gasteiger partial charge is 0.368 e. The first-order valence-corrected chi connectivity index (χ1v) is 6.27. The predicted molar refractivity (Wildman–Crippen MR) is 71.8 cm³/mol. The Labute approximate surface area is 111 Å². The monoisotopic (exact) mass is 265 g/mol. The Kier molecular flexibility index (Phi) is 4.15. The van der Waals surface area contributed by atoms with E-state index in [1.807, 2.05) is 24.6 Å². The van der Waals surface area contributed by atoms with Gasteiger partial charge < -0.3 is 9.88 Å². The molecule has 6 heteroatoms. The van der Waals surface area contributed by atoms with Crippen LogP contribution < -0.4 is 5.32 Å². The SMILES string of the molecule is CC(C)c1nc(Cl)cc(NCCn2ccnc2)n1. The normalized spacial score (nSPS) is 10.9. The van der Waals surface area contributed by atoms with E-state index in [-0.39, 0.29) is 5.92 Å². The highest BCUT2D eigenvalue weighted by Gasteiger charge is 2.06. The smallest absolute Gasteiger partial charge is 0.135 e. The van der Waals surface area contributed by atoms with E-state index in [1.165, 1.54) is 0 Å². The lowest BCUT2D eigenvalue weighted by atomic mass is 10.2. The van der Waals surface area contributed by atoms with Gasteiger partial charge in [-0.15, -0.1) is 0 Å². The summed E-state index contributed by atoms with van der Waals surface area (Å²) in [6.07, 6.45) is 5.47. The molecule has 2 rings (SSSR count). The van der Waals surface area contributed by atoms with Gasteiger partial charge in [0.05, 0.1) is 6.33 Å². The number of nitrogens with one attached hydrogen (secondary N) is 1. The van der Waals surface area contributed by atoms with Crippen LogP contribution in [0.2, 0.25) is 5.15 Å². The molecule has 2 aromatic rings. The Bertz CT molecular complexity index is 495. The quantitative estimate of drug-likeness (QED) is 0.844. The van der Waals surface area contributed by atoms with Crippen molar-refractivity contribution in [3.05, 3.63) is 35.8 Å². The lowest BCUT2D eigenvalue weighted by Gasteiger charge is -2.09. The summed E-state index contributed by atoms with van der Waals surface area (Å²) in [6, 6.07) is 1.74. The van der Waals surface area contributed by atoms with E-state index in [9.17, 15) is 0 Å². The van der Waals surface area contributed by atoms with Crippen LogP contribution in [0.15, 0.2) is 24.8 Å². The van der Waals surface area contributed by atoms with Gasteiger partial charge in [0.25, 0.3) is 0 Å². The van der Waals surface area contributed by atoms with Crippen LogP contribution >= 0.6 is 11.6 Å². The van der Waals surface area contributed by atoms with Crippen LogP contribution in [0.5, 0.6) is 0 Å². The molecule has 0 fully saturated rings. The Hall–Kier alpha value is -1.62. The molecule has 0 aromatic carbocycles. The van der Waals surface area contributed by atoms with Gasteiger partial charge in [0.1, 0.15) is 16.8 Å². The molecular formula is C12H16ClN5. The molecule has 96 valence electrons. The van der Waals surface area contributed by atoms with E-state index in [2.05, 4.69) is 20.3 Å². The molecule has 0 radical (unpaired) electrons. The first-order valence-electron chi connectivity index (χ1n) is 5.89. The van der Waals surface area contributed by atoms with Gasteiger partial charge in [0.15, 0.2) is 0 Å². The van der Waals surface area contributed by atoms with E-state index in [0.29, 0.717) is 5.15 Å². The van der Waals surface area contributed by atoms with Gasteiger partial charge in [0, 0.05) is 37.5 Å². The lowest BCUT2D eigenvalue weighted by Crippen LogP contribution is -2.11. The molecule has 0 spiro atoms. The number of rotatable bonds is 5. The van der Waals surface area contributed by atoms with E-state index >= 15 is 0 Å². The van der Waals surface area contributed by atoms with Crippen molar-refractivity contribution in [3.8, 4) is 0 Å². The molecule has 18 heavy (non-hydrogen) atoms. The molecular weight excluding hydrogens is 250 g/mol. The summed E-state index contributed by atoms with van der Waals surface area (Å²) in [7, 11) is 0. The summed E-state index contributed by atoms with van der Waals surface area (Å²) >= 11 is 5.97. The molecule has 0 bridgehead atoms. The third-order valence-corrected chi connectivity index (χ3v) is 2.66. The summed E-state index contributed by atoms with van der Waals surface area (Å²) in [4.78, 5) is 12.6. The van der Waals surface area contributed by atoms with Gasteiger partial charge in [-0.1, -0.05) is 25.4 Å². The molecule has 5 nitrogen and oxygen atoms in total. The Morgan fingerprint density at radius 3 is 2.89 bits per heavy atom.